The van der Waals surface area contributed by atoms with Crippen LogP contribution in [0.1, 0.15) is 12.6 Å². The molecule has 1 aromatic rings. The maximum absolute atomic E-state index is 5.37. The van der Waals surface area contributed by atoms with Gasteiger partial charge in [0.25, 0.3) is 0 Å². The summed E-state index contributed by atoms with van der Waals surface area (Å²) in [6.07, 6.45) is 2.78. The van der Waals surface area contributed by atoms with Crippen molar-refractivity contribution in [2.75, 3.05) is 26.3 Å². The van der Waals surface area contributed by atoms with E-state index in [0.717, 1.165) is 37.4 Å². The van der Waals surface area contributed by atoms with E-state index in [1.807, 2.05) is 31.3 Å². The van der Waals surface area contributed by atoms with E-state index < -0.39 is 0 Å². The Labute approximate surface area is 97.5 Å². The van der Waals surface area contributed by atoms with E-state index in [1.165, 1.54) is 0 Å². The van der Waals surface area contributed by atoms with Gasteiger partial charge in [0.2, 0.25) is 0 Å². The first kappa shape index (κ1) is 12.9. The van der Waals surface area contributed by atoms with Gasteiger partial charge >= 0.3 is 0 Å². The molecule has 0 aliphatic heterocycles. The molecule has 3 nitrogen and oxygen atoms in total. The second-order valence-corrected chi connectivity index (χ2v) is 3.83. The molecule has 0 saturated heterocycles. The Morgan fingerprint density at radius 1 is 1.44 bits per heavy atom. The zero-order valence-corrected chi connectivity index (χ0v) is 9.91. The Kier molecular flexibility index (Phi) is 6.45. The van der Waals surface area contributed by atoms with Gasteiger partial charge in [0.1, 0.15) is 0 Å². The molecule has 0 saturated carbocycles. The molecule has 0 radical (unpaired) electrons. The van der Waals surface area contributed by atoms with Gasteiger partial charge in [-0.1, -0.05) is 18.2 Å². The van der Waals surface area contributed by atoms with Crippen LogP contribution in [0, 0.1) is 0 Å². The van der Waals surface area contributed by atoms with E-state index in [-0.39, 0.29) is 0 Å². The Morgan fingerprint density at radius 3 is 3.00 bits per heavy atom. The van der Waals surface area contributed by atoms with Crippen molar-refractivity contribution in [1.82, 2.24) is 10.3 Å². The van der Waals surface area contributed by atoms with Crippen LogP contribution < -0.4 is 5.32 Å². The summed E-state index contributed by atoms with van der Waals surface area (Å²) in [4.78, 5) is 4.25. The summed E-state index contributed by atoms with van der Waals surface area (Å²) in [5.41, 5.74) is 2.19. The summed E-state index contributed by atoms with van der Waals surface area (Å²) in [5, 5.41) is 3.31. The van der Waals surface area contributed by atoms with Gasteiger partial charge in [0.15, 0.2) is 0 Å². The SMILES string of the molecule is C=C(C)COCCNCCc1ccccn1. The minimum Gasteiger partial charge on any atom is -0.376 e. The van der Waals surface area contributed by atoms with Crippen molar-refractivity contribution >= 4 is 0 Å². The van der Waals surface area contributed by atoms with Crippen molar-refractivity contribution in [2.24, 2.45) is 0 Å². The molecule has 0 aliphatic rings. The Morgan fingerprint density at radius 2 is 2.31 bits per heavy atom. The quantitative estimate of drug-likeness (QED) is 0.536. The second-order valence-electron chi connectivity index (χ2n) is 3.83. The second kappa shape index (κ2) is 8.02. The van der Waals surface area contributed by atoms with Crippen molar-refractivity contribution < 1.29 is 4.74 Å². The minimum atomic E-state index is 0.655. The largest absolute Gasteiger partial charge is 0.376 e. The fraction of sp³-hybridized carbons (Fsp3) is 0.462. The van der Waals surface area contributed by atoms with Crippen LogP contribution in [0.4, 0.5) is 0 Å². The highest BCUT2D eigenvalue weighted by molar-refractivity contribution is 5.03. The molecule has 0 bridgehead atoms. The van der Waals surface area contributed by atoms with Crippen LogP contribution in [-0.2, 0) is 11.2 Å². The molecule has 88 valence electrons. The van der Waals surface area contributed by atoms with Crippen molar-refractivity contribution in [2.45, 2.75) is 13.3 Å². The Hall–Kier alpha value is -1.19. The van der Waals surface area contributed by atoms with Crippen LogP contribution in [0.2, 0.25) is 0 Å². The topological polar surface area (TPSA) is 34.1 Å². The molecule has 0 amide bonds. The standard InChI is InChI=1S/C13H20N2O/c1-12(2)11-16-10-9-14-8-6-13-5-3-4-7-15-13/h3-5,7,14H,1,6,8-11H2,2H3. The van der Waals surface area contributed by atoms with Crippen LogP contribution in [0.3, 0.4) is 0 Å². The maximum atomic E-state index is 5.37. The highest BCUT2D eigenvalue weighted by Gasteiger charge is 1.93. The van der Waals surface area contributed by atoms with E-state index in [9.17, 15) is 0 Å². The van der Waals surface area contributed by atoms with E-state index in [0.29, 0.717) is 6.61 Å². The molecular formula is C13H20N2O. The number of pyridine rings is 1. The lowest BCUT2D eigenvalue weighted by Gasteiger charge is -2.05. The monoisotopic (exact) mass is 220 g/mol. The van der Waals surface area contributed by atoms with Gasteiger partial charge in [-0.2, -0.15) is 0 Å². The van der Waals surface area contributed by atoms with E-state index in [4.69, 9.17) is 4.74 Å². The minimum absolute atomic E-state index is 0.655. The average Bonchev–Trinajstić information content (AvgIpc) is 2.29. The molecule has 1 heterocycles. The fourth-order valence-electron chi connectivity index (χ4n) is 1.28. The van der Waals surface area contributed by atoms with Gasteiger partial charge in [-0.25, -0.2) is 0 Å². The number of hydrogen-bond acceptors (Lipinski definition) is 3. The summed E-state index contributed by atoms with van der Waals surface area (Å²) in [6.45, 7) is 8.94. The van der Waals surface area contributed by atoms with Gasteiger partial charge in [-0.05, 0) is 19.1 Å². The third-order valence-corrected chi connectivity index (χ3v) is 2.06. The highest BCUT2D eigenvalue weighted by atomic mass is 16.5. The number of rotatable bonds is 8. The highest BCUT2D eigenvalue weighted by Crippen LogP contribution is 1.92. The van der Waals surface area contributed by atoms with Crippen LogP contribution in [0.5, 0.6) is 0 Å². The van der Waals surface area contributed by atoms with Gasteiger partial charge in [-0.15, -0.1) is 0 Å². The molecular weight excluding hydrogens is 200 g/mol. The summed E-state index contributed by atoms with van der Waals surface area (Å²) < 4.78 is 5.37. The molecule has 1 rings (SSSR count). The van der Waals surface area contributed by atoms with Crippen molar-refractivity contribution in [1.29, 1.82) is 0 Å². The maximum Gasteiger partial charge on any atom is 0.0672 e. The summed E-state index contributed by atoms with van der Waals surface area (Å²) in [5.74, 6) is 0. The first-order valence-electron chi connectivity index (χ1n) is 5.62. The zero-order valence-electron chi connectivity index (χ0n) is 9.91. The summed E-state index contributed by atoms with van der Waals surface area (Å²) >= 11 is 0. The molecule has 0 atom stereocenters. The molecule has 16 heavy (non-hydrogen) atoms. The third-order valence-electron chi connectivity index (χ3n) is 2.06. The molecule has 0 aliphatic carbocycles. The lowest BCUT2D eigenvalue weighted by molar-refractivity contribution is 0.158. The van der Waals surface area contributed by atoms with Crippen molar-refractivity contribution in [3.05, 3.63) is 42.2 Å². The number of nitrogens with one attached hydrogen (secondary N) is 1. The summed E-state index contributed by atoms with van der Waals surface area (Å²) in [7, 11) is 0. The fourth-order valence-corrected chi connectivity index (χ4v) is 1.28. The van der Waals surface area contributed by atoms with Crippen molar-refractivity contribution in [3.63, 3.8) is 0 Å². The average molecular weight is 220 g/mol. The van der Waals surface area contributed by atoms with Gasteiger partial charge in [-0.3, -0.25) is 4.98 Å². The summed E-state index contributed by atoms with van der Waals surface area (Å²) in [6, 6.07) is 5.99. The van der Waals surface area contributed by atoms with E-state index in [2.05, 4.69) is 16.9 Å². The van der Waals surface area contributed by atoms with Crippen molar-refractivity contribution in [3.8, 4) is 0 Å². The zero-order chi connectivity index (χ0) is 11.6. The number of ether oxygens (including phenoxy) is 1. The molecule has 0 fully saturated rings. The van der Waals surface area contributed by atoms with E-state index >= 15 is 0 Å². The molecule has 1 N–H and O–H groups in total. The third kappa shape index (κ3) is 6.32. The Bertz CT molecular complexity index is 298. The van der Waals surface area contributed by atoms with Gasteiger partial charge < -0.3 is 10.1 Å². The number of nitrogens with zero attached hydrogens (tertiary/aromatic N) is 1. The molecule has 0 spiro atoms. The normalized spacial score (nSPS) is 10.3. The molecule has 3 heteroatoms. The smallest absolute Gasteiger partial charge is 0.0672 e. The molecule has 1 aromatic heterocycles. The lowest BCUT2D eigenvalue weighted by Crippen LogP contribution is -2.22. The van der Waals surface area contributed by atoms with Gasteiger partial charge in [0.05, 0.1) is 13.2 Å². The van der Waals surface area contributed by atoms with Gasteiger partial charge in [0, 0.05) is 31.4 Å². The number of aromatic nitrogens is 1. The van der Waals surface area contributed by atoms with Crippen LogP contribution in [0.15, 0.2) is 36.5 Å². The first-order chi connectivity index (χ1) is 7.79. The van der Waals surface area contributed by atoms with Crippen LogP contribution in [0.25, 0.3) is 0 Å². The number of hydrogen-bond donors (Lipinski definition) is 1. The first-order valence-corrected chi connectivity index (χ1v) is 5.62. The predicted octanol–water partition coefficient (Wildman–Crippen LogP) is 1.81. The predicted molar refractivity (Wildman–Crippen MR) is 66.4 cm³/mol. The van der Waals surface area contributed by atoms with Crippen LogP contribution >= 0.6 is 0 Å². The van der Waals surface area contributed by atoms with E-state index in [1.54, 1.807) is 0 Å². The molecule has 0 aromatic carbocycles. The van der Waals surface area contributed by atoms with Crippen LogP contribution in [-0.4, -0.2) is 31.3 Å². The lowest BCUT2D eigenvalue weighted by atomic mass is 10.3. The Balaban J connectivity index is 1.94. The molecule has 0 unspecified atom stereocenters.